The van der Waals surface area contributed by atoms with Crippen LogP contribution in [0, 0.1) is 68.0 Å². The number of ether oxygens (including phenoxy) is 1. The fourth-order valence-electron chi connectivity index (χ4n) is 11.7. The van der Waals surface area contributed by atoms with Crippen LogP contribution in [0.3, 0.4) is 0 Å². The number of carbonyl (C=O) groups is 2. The molecule has 0 aromatic rings. The number of nitriles is 1. The van der Waals surface area contributed by atoms with Crippen molar-refractivity contribution >= 4 is 17.7 Å². The smallest absolute Gasteiger partial charge is 0.331 e. The molecule has 6 nitrogen and oxygen atoms in total. The molecule has 0 aromatic carbocycles. The lowest BCUT2D eigenvalue weighted by molar-refractivity contribution is -0.227. The maximum absolute atomic E-state index is 12.0. The van der Waals surface area contributed by atoms with Gasteiger partial charge >= 0.3 is 11.9 Å². The van der Waals surface area contributed by atoms with E-state index in [1.807, 2.05) is 0 Å². The fraction of sp³-hybridized carbons (Fsp3) is 0.824. The molecule has 5 fully saturated rings. The number of hydrogen-bond acceptors (Lipinski definition) is 6. The number of allylic oxidation sites excluding steroid dienone is 1. The topological polar surface area (TPSA) is 88.8 Å². The molecule has 0 amide bonds. The predicted octanol–water partition coefficient (Wildman–Crippen LogP) is 7.63. The average molecular weight is 551 g/mol. The van der Waals surface area contributed by atoms with Gasteiger partial charge < -0.3 is 9.57 Å². The van der Waals surface area contributed by atoms with Crippen LogP contribution in [0.5, 0.6) is 0 Å². The summed E-state index contributed by atoms with van der Waals surface area (Å²) in [6, 6.07) is 2.88. The number of fused-ring (bicyclic) bond motifs is 7. The minimum atomic E-state index is -0.480. The van der Waals surface area contributed by atoms with Gasteiger partial charge in [0.1, 0.15) is 6.61 Å². The lowest BCUT2D eigenvalue weighted by Gasteiger charge is -2.72. The van der Waals surface area contributed by atoms with Gasteiger partial charge in [0.2, 0.25) is 0 Å². The van der Waals surface area contributed by atoms with E-state index in [1.165, 1.54) is 32.3 Å². The first-order valence-electron chi connectivity index (χ1n) is 15.6. The van der Waals surface area contributed by atoms with Crippen molar-refractivity contribution in [3.8, 4) is 6.07 Å². The third kappa shape index (κ3) is 3.96. The minimum Gasteiger partial charge on any atom is -0.465 e. The molecule has 10 atom stereocenters. The van der Waals surface area contributed by atoms with E-state index in [0.717, 1.165) is 57.1 Å². The molecule has 5 aliphatic rings. The Hall–Kier alpha value is -2.16. The van der Waals surface area contributed by atoms with Gasteiger partial charge in [-0.25, -0.2) is 4.79 Å². The lowest BCUT2D eigenvalue weighted by Crippen LogP contribution is -2.67. The Bertz CT molecular complexity index is 1170. The van der Waals surface area contributed by atoms with Gasteiger partial charge in [-0.15, -0.1) is 0 Å². The van der Waals surface area contributed by atoms with Gasteiger partial charge in [-0.05, 0) is 117 Å². The van der Waals surface area contributed by atoms with E-state index in [4.69, 9.17) is 9.57 Å². The van der Waals surface area contributed by atoms with Gasteiger partial charge in [-0.3, -0.25) is 4.79 Å². The van der Waals surface area contributed by atoms with E-state index in [-0.39, 0.29) is 40.2 Å². The van der Waals surface area contributed by atoms with Crippen LogP contribution in [0.2, 0.25) is 0 Å². The van der Waals surface area contributed by atoms with Crippen molar-refractivity contribution in [3.63, 3.8) is 0 Å². The Labute approximate surface area is 241 Å². The standard InChI is InChI=1S/C34H50N2O4/c1-21(2)24-11-16-34(19-35)18-17-32(7)25(29(24)34)9-10-27-30(5)14-13-28(36-40-23(4)38)31(6,20-39-22(3)37)26(30)12-15-33(27,32)8/h24-27,29H,1,9-18,20H2,2-8H3/b36-28+/t24-,25+,26+,27+,29+,30-,31-,32+,33+,34+/m0/s1. The maximum Gasteiger partial charge on any atom is 0.331 e. The predicted molar refractivity (Wildman–Crippen MR) is 155 cm³/mol. The zero-order valence-corrected chi connectivity index (χ0v) is 25.9. The quantitative estimate of drug-likeness (QED) is 0.155. The van der Waals surface area contributed by atoms with Crippen molar-refractivity contribution < 1.29 is 19.2 Å². The van der Waals surface area contributed by atoms with Gasteiger partial charge in [0, 0.05) is 19.3 Å². The van der Waals surface area contributed by atoms with Gasteiger partial charge in [0.05, 0.1) is 17.2 Å². The lowest BCUT2D eigenvalue weighted by atomic mass is 9.32. The number of carbonyl (C=O) groups excluding carboxylic acids is 2. The highest BCUT2D eigenvalue weighted by atomic mass is 16.7. The molecule has 0 spiro atoms. The molecule has 6 heteroatoms. The molecule has 40 heavy (non-hydrogen) atoms. The molecule has 220 valence electrons. The highest BCUT2D eigenvalue weighted by Gasteiger charge is 2.71. The van der Waals surface area contributed by atoms with Crippen molar-refractivity contribution in [1.82, 2.24) is 0 Å². The molecule has 0 bridgehead atoms. The highest BCUT2D eigenvalue weighted by molar-refractivity contribution is 5.91. The Kier molecular flexibility index (Phi) is 7.12. The van der Waals surface area contributed by atoms with Crippen molar-refractivity contribution in [2.75, 3.05) is 6.61 Å². The van der Waals surface area contributed by atoms with Crippen LogP contribution < -0.4 is 0 Å². The summed E-state index contributed by atoms with van der Waals surface area (Å²) in [5, 5.41) is 14.9. The second-order valence-corrected chi connectivity index (χ2v) is 15.3. The molecule has 0 saturated heterocycles. The van der Waals surface area contributed by atoms with Crippen LogP contribution in [-0.2, 0) is 19.2 Å². The molecule has 5 saturated carbocycles. The van der Waals surface area contributed by atoms with Crippen LogP contribution in [0.1, 0.15) is 113 Å². The normalized spacial score (nSPS) is 48.5. The summed E-state index contributed by atoms with van der Waals surface area (Å²) >= 11 is 0. The Balaban J connectivity index is 1.53. The molecule has 5 rings (SSSR count). The number of oxime groups is 1. The minimum absolute atomic E-state index is 0.0539. The van der Waals surface area contributed by atoms with E-state index in [1.54, 1.807) is 0 Å². The van der Waals surface area contributed by atoms with Crippen molar-refractivity contribution in [2.24, 2.45) is 61.8 Å². The highest BCUT2D eigenvalue weighted by Crippen LogP contribution is 2.77. The van der Waals surface area contributed by atoms with Crippen LogP contribution in [-0.4, -0.2) is 24.3 Å². The first-order chi connectivity index (χ1) is 18.7. The van der Waals surface area contributed by atoms with E-state index in [2.05, 4.69) is 52.4 Å². The summed E-state index contributed by atoms with van der Waals surface area (Å²) in [6.07, 6.45) is 10.5. The SMILES string of the molecule is C=C(C)[C@@H]1CC[C@]2(C#N)CC[C@]3(C)[C@H](CC[C@@H]4[C@@]5(C)CC/C(=N\OC(C)=O)[C@@](C)(COC(C)=O)[C@@H]5CC[C@]43C)[C@@H]12. The summed E-state index contributed by atoms with van der Waals surface area (Å²) in [5.41, 5.74) is 1.84. The van der Waals surface area contributed by atoms with Crippen molar-refractivity contribution in [2.45, 2.75) is 113 Å². The first kappa shape index (κ1) is 29.3. The molecule has 0 aromatic heterocycles. The van der Waals surface area contributed by atoms with E-state index in [9.17, 15) is 14.9 Å². The summed E-state index contributed by atoms with van der Waals surface area (Å²) in [5.74, 6) is 1.51. The first-order valence-corrected chi connectivity index (χ1v) is 15.6. The zero-order chi connectivity index (χ0) is 29.3. The number of rotatable bonds is 4. The van der Waals surface area contributed by atoms with Gasteiger partial charge in [-0.2, -0.15) is 5.26 Å². The molecule has 0 radical (unpaired) electrons. The van der Waals surface area contributed by atoms with Crippen LogP contribution in [0.4, 0.5) is 0 Å². The Morgan fingerprint density at radius 3 is 2.27 bits per heavy atom. The zero-order valence-electron chi connectivity index (χ0n) is 25.9. The van der Waals surface area contributed by atoms with E-state index < -0.39 is 11.4 Å². The van der Waals surface area contributed by atoms with E-state index >= 15 is 0 Å². The molecule has 0 aliphatic heterocycles. The largest absolute Gasteiger partial charge is 0.465 e. The van der Waals surface area contributed by atoms with Crippen molar-refractivity contribution in [3.05, 3.63) is 12.2 Å². The van der Waals surface area contributed by atoms with Crippen LogP contribution in [0.15, 0.2) is 17.3 Å². The Morgan fingerprint density at radius 2 is 1.65 bits per heavy atom. The van der Waals surface area contributed by atoms with Crippen LogP contribution in [0.25, 0.3) is 0 Å². The molecular weight excluding hydrogens is 500 g/mol. The summed E-state index contributed by atoms with van der Waals surface area (Å²) in [7, 11) is 0. The molecular formula is C34H50N2O4. The second kappa shape index (κ2) is 9.70. The van der Waals surface area contributed by atoms with Gasteiger partial charge in [-0.1, -0.05) is 45.0 Å². The average Bonchev–Trinajstić information content (AvgIpc) is 3.28. The fourth-order valence-corrected chi connectivity index (χ4v) is 11.7. The van der Waals surface area contributed by atoms with Crippen LogP contribution >= 0.6 is 0 Å². The third-order valence-corrected chi connectivity index (χ3v) is 13.7. The summed E-state index contributed by atoms with van der Waals surface area (Å²) < 4.78 is 5.69. The number of nitrogens with zero attached hydrogens (tertiary/aromatic N) is 2. The molecule has 0 N–H and O–H groups in total. The Morgan fingerprint density at radius 1 is 0.925 bits per heavy atom. The monoisotopic (exact) mass is 550 g/mol. The number of hydrogen-bond donors (Lipinski definition) is 0. The molecule has 0 unspecified atom stereocenters. The molecule has 5 aliphatic carbocycles. The summed E-state index contributed by atoms with van der Waals surface area (Å²) in [6.45, 7) is 19.5. The van der Waals surface area contributed by atoms with E-state index in [0.29, 0.717) is 23.7 Å². The third-order valence-electron chi connectivity index (χ3n) is 13.7. The second-order valence-electron chi connectivity index (χ2n) is 15.3. The molecule has 0 heterocycles. The van der Waals surface area contributed by atoms with Gasteiger partial charge in [0.25, 0.3) is 0 Å². The summed E-state index contributed by atoms with van der Waals surface area (Å²) in [4.78, 5) is 28.8. The number of esters is 1. The maximum atomic E-state index is 12.0. The van der Waals surface area contributed by atoms with Crippen molar-refractivity contribution in [1.29, 1.82) is 5.26 Å². The van der Waals surface area contributed by atoms with Gasteiger partial charge in [0.15, 0.2) is 0 Å².